The van der Waals surface area contributed by atoms with E-state index in [1.807, 2.05) is 4.90 Å². The van der Waals surface area contributed by atoms with E-state index >= 15 is 0 Å². The van der Waals surface area contributed by atoms with E-state index in [2.05, 4.69) is 0 Å². The number of thioether (sulfide) groups is 1. The van der Waals surface area contributed by atoms with Gasteiger partial charge in [0.15, 0.2) is 0 Å². The maximum Gasteiger partial charge on any atom is 0.242 e. The first kappa shape index (κ1) is 14.4. The van der Waals surface area contributed by atoms with Crippen LogP contribution in [-0.2, 0) is 9.59 Å². The third kappa shape index (κ3) is 3.05. The van der Waals surface area contributed by atoms with Gasteiger partial charge < -0.3 is 9.80 Å². The average molecular weight is 308 g/mol. The minimum absolute atomic E-state index is 0.00969. The number of nitrogens with zero attached hydrogens (tertiary/aromatic N) is 2. The normalized spacial score (nSPS) is 22.1. The van der Waals surface area contributed by atoms with Gasteiger partial charge in [-0.15, -0.1) is 11.8 Å². The molecule has 2 heterocycles. The summed E-state index contributed by atoms with van der Waals surface area (Å²) in [6, 6.07) is 6.14. The van der Waals surface area contributed by atoms with Gasteiger partial charge in [-0.3, -0.25) is 9.59 Å². The van der Waals surface area contributed by atoms with Crippen molar-refractivity contribution in [2.45, 2.75) is 18.2 Å². The molecule has 1 atom stereocenters. The number of carbonyl (C=O) groups excluding carboxylic acids is 2. The first-order valence-electron chi connectivity index (χ1n) is 7.09. The van der Waals surface area contributed by atoms with Crippen LogP contribution in [0.15, 0.2) is 24.3 Å². The molecule has 0 aromatic heterocycles. The molecule has 0 spiro atoms. The first-order chi connectivity index (χ1) is 10.1. The predicted octanol–water partition coefficient (Wildman–Crippen LogP) is 2.02. The molecular formula is C15H17FN2O2S. The van der Waals surface area contributed by atoms with Crippen molar-refractivity contribution >= 4 is 23.6 Å². The van der Waals surface area contributed by atoms with Crippen LogP contribution in [-0.4, -0.2) is 47.0 Å². The molecule has 2 amide bonds. The maximum absolute atomic E-state index is 13.0. The number of benzene rings is 1. The zero-order chi connectivity index (χ0) is 14.8. The monoisotopic (exact) mass is 308 g/mol. The lowest BCUT2D eigenvalue weighted by molar-refractivity contribution is -0.138. The van der Waals surface area contributed by atoms with Crippen molar-refractivity contribution in [3.05, 3.63) is 35.6 Å². The molecule has 0 saturated carbocycles. The van der Waals surface area contributed by atoms with Gasteiger partial charge in [0.2, 0.25) is 11.8 Å². The number of halogens is 1. The number of amides is 2. The molecular weight excluding hydrogens is 291 g/mol. The summed E-state index contributed by atoms with van der Waals surface area (Å²) in [4.78, 5) is 27.7. The Morgan fingerprint density at radius 1 is 1.24 bits per heavy atom. The second-order valence-corrected chi connectivity index (χ2v) is 6.39. The molecule has 21 heavy (non-hydrogen) atoms. The summed E-state index contributed by atoms with van der Waals surface area (Å²) in [5, 5.41) is -0.190. The third-order valence-electron chi connectivity index (χ3n) is 3.89. The van der Waals surface area contributed by atoms with E-state index in [9.17, 15) is 14.0 Å². The fourth-order valence-electron chi connectivity index (χ4n) is 2.74. The van der Waals surface area contributed by atoms with Gasteiger partial charge in [0.1, 0.15) is 17.7 Å². The number of hydrogen-bond acceptors (Lipinski definition) is 3. The SMILES string of the molecule is O=C(CN1C(=O)CSC1c1ccc(F)cc1)N1CCCC1. The van der Waals surface area contributed by atoms with E-state index in [0.717, 1.165) is 31.5 Å². The molecule has 2 saturated heterocycles. The molecule has 3 rings (SSSR count). The number of rotatable bonds is 3. The van der Waals surface area contributed by atoms with Crippen LogP contribution >= 0.6 is 11.8 Å². The van der Waals surface area contributed by atoms with E-state index in [4.69, 9.17) is 0 Å². The van der Waals surface area contributed by atoms with Crippen LogP contribution in [0.25, 0.3) is 0 Å². The van der Waals surface area contributed by atoms with Crippen molar-refractivity contribution in [3.8, 4) is 0 Å². The number of carbonyl (C=O) groups is 2. The van der Waals surface area contributed by atoms with Crippen molar-refractivity contribution < 1.29 is 14.0 Å². The van der Waals surface area contributed by atoms with Gasteiger partial charge in [-0.25, -0.2) is 4.39 Å². The van der Waals surface area contributed by atoms with Crippen molar-refractivity contribution in [3.63, 3.8) is 0 Å². The highest BCUT2D eigenvalue weighted by Gasteiger charge is 2.35. The minimum Gasteiger partial charge on any atom is -0.341 e. The smallest absolute Gasteiger partial charge is 0.242 e. The first-order valence-corrected chi connectivity index (χ1v) is 8.14. The minimum atomic E-state index is -0.298. The lowest BCUT2D eigenvalue weighted by Gasteiger charge is -2.26. The highest BCUT2D eigenvalue weighted by Crippen LogP contribution is 2.38. The molecule has 2 aliphatic heterocycles. The summed E-state index contributed by atoms with van der Waals surface area (Å²) < 4.78 is 13.0. The second kappa shape index (κ2) is 6.05. The van der Waals surface area contributed by atoms with Gasteiger partial charge in [0.05, 0.1) is 5.75 Å². The highest BCUT2D eigenvalue weighted by atomic mass is 32.2. The lowest BCUT2D eigenvalue weighted by Crippen LogP contribution is -2.40. The van der Waals surface area contributed by atoms with E-state index in [1.165, 1.54) is 23.9 Å². The van der Waals surface area contributed by atoms with E-state index in [0.29, 0.717) is 5.75 Å². The van der Waals surface area contributed by atoms with Gasteiger partial charge in [-0.05, 0) is 30.5 Å². The Morgan fingerprint density at radius 2 is 1.90 bits per heavy atom. The Morgan fingerprint density at radius 3 is 2.57 bits per heavy atom. The summed E-state index contributed by atoms with van der Waals surface area (Å²) in [6.07, 6.45) is 2.08. The van der Waals surface area contributed by atoms with Crippen molar-refractivity contribution in [1.82, 2.24) is 9.80 Å². The van der Waals surface area contributed by atoms with Crippen LogP contribution in [0.2, 0.25) is 0 Å². The molecule has 2 fully saturated rings. The van der Waals surface area contributed by atoms with Crippen molar-refractivity contribution in [1.29, 1.82) is 0 Å². The Bertz CT molecular complexity index is 543. The largest absolute Gasteiger partial charge is 0.341 e. The van der Waals surface area contributed by atoms with Gasteiger partial charge in [-0.1, -0.05) is 12.1 Å². The van der Waals surface area contributed by atoms with E-state index in [1.54, 1.807) is 17.0 Å². The van der Waals surface area contributed by atoms with Crippen LogP contribution in [0.5, 0.6) is 0 Å². The van der Waals surface area contributed by atoms with Gasteiger partial charge in [0.25, 0.3) is 0 Å². The molecule has 0 radical (unpaired) electrons. The van der Waals surface area contributed by atoms with Crippen LogP contribution in [0.3, 0.4) is 0 Å². The fourth-order valence-corrected chi connectivity index (χ4v) is 3.93. The van der Waals surface area contributed by atoms with Crippen LogP contribution < -0.4 is 0 Å². The predicted molar refractivity (Wildman–Crippen MR) is 79.1 cm³/mol. The second-order valence-electron chi connectivity index (χ2n) is 5.32. The molecule has 112 valence electrons. The summed E-state index contributed by atoms with van der Waals surface area (Å²) in [6.45, 7) is 1.69. The molecule has 6 heteroatoms. The summed E-state index contributed by atoms with van der Waals surface area (Å²) in [5.41, 5.74) is 0.862. The van der Waals surface area contributed by atoms with Crippen molar-refractivity contribution in [2.24, 2.45) is 0 Å². The van der Waals surface area contributed by atoms with Crippen LogP contribution in [0.4, 0.5) is 4.39 Å². The maximum atomic E-state index is 13.0. The van der Waals surface area contributed by atoms with Crippen molar-refractivity contribution in [2.75, 3.05) is 25.4 Å². The zero-order valence-corrected chi connectivity index (χ0v) is 12.4. The summed E-state index contributed by atoms with van der Waals surface area (Å²) in [5.74, 6) is 0.0556. The Labute approximate surface area is 127 Å². The standard InChI is InChI=1S/C15H17FN2O2S/c16-12-5-3-11(4-6-12)15-18(14(20)10-21-15)9-13(19)17-7-1-2-8-17/h3-6,15H,1-2,7-10H2. The van der Waals surface area contributed by atoms with Crippen LogP contribution in [0.1, 0.15) is 23.8 Å². The molecule has 4 nitrogen and oxygen atoms in total. The molecule has 0 aliphatic carbocycles. The van der Waals surface area contributed by atoms with E-state index in [-0.39, 0.29) is 29.6 Å². The number of likely N-dealkylation sites (tertiary alicyclic amines) is 1. The lowest BCUT2D eigenvalue weighted by atomic mass is 10.2. The molecule has 0 N–H and O–H groups in total. The Kier molecular flexibility index (Phi) is 4.14. The van der Waals surface area contributed by atoms with Gasteiger partial charge in [0, 0.05) is 13.1 Å². The van der Waals surface area contributed by atoms with E-state index < -0.39 is 0 Å². The Balaban J connectivity index is 1.73. The van der Waals surface area contributed by atoms with Crippen LogP contribution in [0, 0.1) is 5.82 Å². The zero-order valence-electron chi connectivity index (χ0n) is 11.6. The molecule has 2 aliphatic rings. The topological polar surface area (TPSA) is 40.6 Å². The molecule has 1 unspecified atom stereocenters. The highest BCUT2D eigenvalue weighted by molar-refractivity contribution is 8.00. The fraction of sp³-hybridized carbons (Fsp3) is 0.467. The summed E-state index contributed by atoms with van der Waals surface area (Å²) in [7, 11) is 0. The number of hydrogen-bond donors (Lipinski definition) is 0. The quantitative estimate of drug-likeness (QED) is 0.858. The van der Waals surface area contributed by atoms with Gasteiger partial charge >= 0.3 is 0 Å². The molecule has 1 aromatic carbocycles. The average Bonchev–Trinajstić information content (AvgIpc) is 3.11. The Hall–Kier alpha value is -1.56. The van der Waals surface area contributed by atoms with Gasteiger partial charge in [-0.2, -0.15) is 0 Å². The third-order valence-corrected chi connectivity index (χ3v) is 5.14. The molecule has 0 bridgehead atoms. The summed E-state index contributed by atoms with van der Waals surface area (Å²) >= 11 is 1.49. The molecule has 1 aromatic rings.